The van der Waals surface area contributed by atoms with Gasteiger partial charge in [0.1, 0.15) is 0 Å². The van der Waals surface area contributed by atoms with Crippen LogP contribution >= 0.6 is 0 Å². The van der Waals surface area contributed by atoms with Crippen molar-refractivity contribution < 1.29 is 14.5 Å². The Morgan fingerprint density at radius 1 is 0.857 bits per heavy atom. The van der Waals surface area contributed by atoms with Gasteiger partial charge in [-0.3, -0.25) is 19.7 Å². The van der Waals surface area contributed by atoms with E-state index in [1.54, 1.807) is 12.1 Å². The van der Waals surface area contributed by atoms with Crippen LogP contribution in [0.5, 0.6) is 0 Å². The van der Waals surface area contributed by atoms with Crippen molar-refractivity contribution in [2.75, 3.05) is 48.8 Å². The molecule has 0 radical (unpaired) electrons. The highest BCUT2D eigenvalue weighted by Gasteiger charge is 2.16. The topological polar surface area (TPSA) is 108 Å². The number of hydrogen-bond donors (Lipinski definition) is 2. The molecule has 1 saturated heterocycles. The van der Waals surface area contributed by atoms with Gasteiger partial charge in [0, 0.05) is 55.4 Å². The predicted octanol–water partition coefficient (Wildman–Crippen LogP) is 1.92. The zero-order valence-corrected chi connectivity index (χ0v) is 15.4. The lowest BCUT2D eigenvalue weighted by Crippen LogP contribution is -2.44. The molecular weight excluding hydrogens is 362 g/mol. The summed E-state index contributed by atoms with van der Waals surface area (Å²) in [7, 11) is 2.09. The first-order valence-electron chi connectivity index (χ1n) is 8.83. The Morgan fingerprint density at radius 2 is 1.32 bits per heavy atom. The Labute approximate surface area is 162 Å². The molecule has 0 atom stereocenters. The SMILES string of the molecule is CN1CCN(c2ccc(NC(=O)C(=O)Nc3ccc([N+](=O)[O-])cc3)cc2)CC1. The number of benzene rings is 2. The summed E-state index contributed by atoms with van der Waals surface area (Å²) >= 11 is 0. The normalized spacial score (nSPS) is 14.4. The standard InChI is InChI=1S/C19H21N5O4/c1-22-10-12-23(13-11-22)16-6-2-14(3-7-16)20-18(25)19(26)21-15-4-8-17(9-5-15)24(27)28/h2-9H,10-13H2,1H3,(H,20,25)(H,21,26). The summed E-state index contributed by atoms with van der Waals surface area (Å²) in [5.41, 5.74) is 1.79. The summed E-state index contributed by atoms with van der Waals surface area (Å²) in [4.78, 5) is 38.7. The van der Waals surface area contributed by atoms with E-state index >= 15 is 0 Å². The minimum Gasteiger partial charge on any atom is -0.369 e. The minimum atomic E-state index is -0.850. The van der Waals surface area contributed by atoms with Crippen LogP contribution in [0.2, 0.25) is 0 Å². The van der Waals surface area contributed by atoms with Crippen LogP contribution in [0.3, 0.4) is 0 Å². The maximum atomic E-state index is 12.1. The van der Waals surface area contributed by atoms with Crippen molar-refractivity contribution in [3.05, 3.63) is 58.6 Å². The van der Waals surface area contributed by atoms with Crippen LogP contribution in [0.1, 0.15) is 0 Å². The van der Waals surface area contributed by atoms with Gasteiger partial charge in [-0.25, -0.2) is 0 Å². The molecule has 1 aliphatic heterocycles. The van der Waals surface area contributed by atoms with Gasteiger partial charge >= 0.3 is 11.8 Å². The highest BCUT2D eigenvalue weighted by Crippen LogP contribution is 2.19. The van der Waals surface area contributed by atoms with Crippen molar-refractivity contribution in [2.45, 2.75) is 0 Å². The molecule has 0 spiro atoms. The maximum absolute atomic E-state index is 12.1. The molecular formula is C19H21N5O4. The van der Waals surface area contributed by atoms with Crippen molar-refractivity contribution in [1.29, 1.82) is 0 Å². The van der Waals surface area contributed by atoms with Gasteiger partial charge in [0.15, 0.2) is 0 Å². The number of nitrogens with zero attached hydrogens (tertiary/aromatic N) is 3. The third-order valence-corrected chi connectivity index (χ3v) is 4.54. The van der Waals surface area contributed by atoms with E-state index in [4.69, 9.17) is 0 Å². The summed E-state index contributed by atoms with van der Waals surface area (Å²) in [6, 6.07) is 12.6. The number of nitro benzene ring substituents is 1. The zero-order chi connectivity index (χ0) is 20.1. The Balaban J connectivity index is 1.55. The summed E-state index contributed by atoms with van der Waals surface area (Å²) in [5, 5.41) is 15.6. The predicted molar refractivity (Wildman–Crippen MR) is 107 cm³/mol. The van der Waals surface area contributed by atoms with Gasteiger partial charge in [-0.05, 0) is 43.4 Å². The molecule has 28 heavy (non-hydrogen) atoms. The highest BCUT2D eigenvalue weighted by atomic mass is 16.6. The summed E-state index contributed by atoms with van der Waals surface area (Å²) < 4.78 is 0. The van der Waals surface area contributed by atoms with Crippen molar-refractivity contribution in [3.63, 3.8) is 0 Å². The summed E-state index contributed by atoms with van der Waals surface area (Å²) in [6.07, 6.45) is 0. The molecule has 3 rings (SSSR count). The second-order valence-corrected chi connectivity index (χ2v) is 6.55. The van der Waals surface area contributed by atoms with Crippen molar-refractivity contribution >= 4 is 34.6 Å². The van der Waals surface area contributed by atoms with Crippen LogP contribution in [0.25, 0.3) is 0 Å². The van der Waals surface area contributed by atoms with Crippen molar-refractivity contribution in [2.24, 2.45) is 0 Å². The van der Waals surface area contributed by atoms with Crippen LogP contribution < -0.4 is 15.5 Å². The fraction of sp³-hybridized carbons (Fsp3) is 0.263. The van der Waals surface area contributed by atoms with Gasteiger partial charge in [0.25, 0.3) is 5.69 Å². The molecule has 146 valence electrons. The lowest BCUT2D eigenvalue weighted by atomic mass is 10.2. The number of rotatable bonds is 4. The van der Waals surface area contributed by atoms with E-state index in [0.29, 0.717) is 11.4 Å². The largest absolute Gasteiger partial charge is 0.369 e. The smallest absolute Gasteiger partial charge is 0.314 e. The summed E-state index contributed by atoms with van der Waals surface area (Å²) in [5.74, 6) is -1.66. The number of amides is 2. The monoisotopic (exact) mass is 383 g/mol. The minimum absolute atomic E-state index is 0.0945. The molecule has 1 aliphatic rings. The van der Waals surface area contributed by atoms with E-state index in [0.717, 1.165) is 31.9 Å². The van der Waals surface area contributed by atoms with Crippen LogP contribution in [-0.4, -0.2) is 54.9 Å². The number of carbonyl (C=O) groups is 2. The molecule has 1 fully saturated rings. The molecule has 2 aromatic carbocycles. The fourth-order valence-electron chi connectivity index (χ4n) is 2.86. The highest BCUT2D eigenvalue weighted by molar-refractivity contribution is 6.43. The number of piperazine rings is 1. The molecule has 1 heterocycles. The first-order chi connectivity index (χ1) is 13.4. The first-order valence-corrected chi connectivity index (χ1v) is 8.83. The van der Waals surface area contributed by atoms with E-state index in [9.17, 15) is 19.7 Å². The average molecular weight is 383 g/mol. The van der Waals surface area contributed by atoms with E-state index in [2.05, 4.69) is 27.5 Å². The van der Waals surface area contributed by atoms with E-state index in [1.807, 2.05) is 12.1 Å². The molecule has 2 N–H and O–H groups in total. The molecule has 2 amide bonds. The van der Waals surface area contributed by atoms with Crippen LogP contribution in [0.15, 0.2) is 48.5 Å². The quantitative estimate of drug-likeness (QED) is 0.474. The van der Waals surface area contributed by atoms with E-state index < -0.39 is 16.7 Å². The second-order valence-electron chi connectivity index (χ2n) is 6.55. The fourth-order valence-corrected chi connectivity index (χ4v) is 2.86. The lowest BCUT2D eigenvalue weighted by Gasteiger charge is -2.34. The van der Waals surface area contributed by atoms with Gasteiger partial charge in [0.2, 0.25) is 0 Å². The maximum Gasteiger partial charge on any atom is 0.314 e. The average Bonchev–Trinajstić information content (AvgIpc) is 2.69. The van der Waals surface area contributed by atoms with Gasteiger partial charge in [-0.15, -0.1) is 0 Å². The third-order valence-electron chi connectivity index (χ3n) is 4.54. The van der Waals surface area contributed by atoms with Crippen molar-refractivity contribution in [3.8, 4) is 0 Å². The van der Waals surface area contributed by atoms with Gasteiger partial charge in [-0.2, -0.15) is 0 Å². The first kappa shape index (κ1) is 19.3. The molecule has 0 unspecified atom stereocenters. The number of carbonyl (C=O) groups excluding carboxylic acids is 2. The van der Waals surface area contributed by atoms with Crippen molar-refractivity contribution in [1.82, 2.24) is 4.90 Å². The molecule has 0 aliphatic carbocycles. The number of nitro groups is 1. The number of likely N-dealkylation sites (N-methyl/N-ethyl adjacent to an activating group) is 1. The Bertz CT molecular complexity index is 859. The number of non-ortho nitro benzene ring substituents is 1. The molecule has 0 aromatic heterocycles. The Morgan fingerprint density at radius 3 is 1.79 bits per heavy atom. The summed E-state index contributed by atoms with van der Waals surface area (Å²) in [6.45, 7) is 3.89. The zero-order valence-electron chi connectivity index (χ0n) is 15.4. The Kier molecular flexibility index (Phi) is 5.85. The van der Waals surface area contributed by atoms with Crippen LogP contribution in [0.4, 0.5) is 22.7 Å². The third kappa shape index (κ3) is 4.83. The number of nitrogens with one attached hydrogen (secondary N) is 2. The van der Waals surface area contributed by atoms with E-state index in [1.165, 1.54) is 24.3 Å². The molecule has 0 bridgehead atoms. The van der Waals surface area contributed by atoms with Crippen LogP contribution in [0, 0.1) is 10.1 Å². The molecule has 9 heteroatoms. The lowest BCUT2D eigenvalue weighted by molar-refractivity contribution is -0.384. The number of anilines is 3. The number of hydrogen-bond acceptors (Lipinski definition) is 6. The molecule has 2 aromatic rings. The molecule has 9 nitrogen and oxygen atoms in total. The Hall–Kier alpha value is -3.46. The van der Waals surface area contributed by atoms with Gasteiger partial charge in [0.05, 0.1) is 4.92 Å². The van der Waals surface area contributed by atoms with Crippen LogP contribution in [-0.2, 0) is 9.59 Å². The molecule has 0 saturated carbocycles. The van der Waals surface area contributed by atoms with Gasteiger partial charge < -0.3 is 20.4 Å². The van der Waals surface area contributed by atoms with Gasteiger partial charge in [-0.1, -0.05) is 0 Å². The second kappa shape index (κ2) is 8.49. The van der Waals surface area contributed by atoms with E-state index in [-0.39, 0.29) is 5.69 Å².